The summed E-state index contributed by atoms with van der Waals surface area (Å²) >= 11 is 7.34. The summed E-state index contributed by atoms with van der Waals surface area (Å²) in [6.45, 7) is 6.38. The molecule has 0 unspecified atom stereocenters. The second kappa shape index (κ2) is 8.87. The van der Waals surface area contributed by atoms with E-state index in [0.29, 0.717) is 22.6 Å². The van der Waals surface area contributed by atoms with Crippen LogP contribution in [0.25, 0.3) is 5.69 Å². The van der Waals surface area contributed by atoms with E-state index in [9.17, 15) is 9.59 Å². The van der Waals surface area contributed by atoms with Gasteiger partial charge in [0.25, 0.3) is 0 Å². The average Bonchev–Trinajstić information content (AvgIpc) is 3.02. The van der Waals surface area contributed by atoms with Gasteiger partial charge in [0.05, 0.1) is 11.4 Å². The lowest BCUT2D eigenvalue weighted by molar-refractivity contribution is -0.117. The van der Waals surface area contributed by atoms with E-state index in [-0.39, 0.29) is 5.75 Å². The first-order chi connectivity index (χ1) is 11.9. The zero-order chi connectivity index (χ0) is 18.4. The molecule has 0 bridgehead atoms. The Morgan fingerprint density at radius 3 is 2.80 bits per heavy atom. The molecule has 25 heavy (non-hydrogen) atoms. The number of hydrogen-bond donors (Lipinski definition) is 2. The summed E-state index contributed by atoms with van der Waals surface area (Å²) in [6, 6.07) is 5.11. The highest BCUT2D eigenvalue weighted by molar-refractivity contribution is 7.99. The minimum absolute atomic E-state index is 0.0490. The summed E-state index contributed by atoms with van der Waals surface area (Å²) in [7, 11) is 0. The third-order valence-electron chi connectivity index (χ3n) is 3.21. The van der Waals surface area contributed by atoms with E-state index >= 15 is 0 Å². The molecule has 3 amide bonds. The van der Waals surface area contributed by atoms with Gasteiger partial charge in [-0.2, -0.15) is 0 Å². The van der Waals surface area contributed by atoms with Gasteiger partial charge in [-0.3, -0.25) is 14.7 Å². The first-order valence-corrected chi connectivity index (χ1v) is 9.10. The Bertz CT molecular complexity index is 763. The number of urea groups is 1. The first kappa shape index (κ1) is 19.3. The van der Waals surface area contributed by atoms with Crippen molar-refractivity contribution >= 4 is 35.3 Å². The van der Waals surface area contributed by atoms with Crippen LogP contribution in [0.15, 0.2) is 29.7 Å². The fraction of sp³-hybridized carbons (Fsp3) is 0.375. The molecule has 134 valence electrons. The molecule has 1 aromatic heterocycles. The lowest BCUT2D eigenvalue weighted by Crippen LogP contribution is -2.41. The number of benzene rings is 1. The van der Waals surface area contributed by atoms with Gasteiger partial charge in [0.2, 0.25) is 5.91 Å². The van der Waals surface area contributed by atoms with Gasteiger partial charge in [-0.05, 0) is 30.5 Å². The van der Waals surface area contributed by atoms with Crippen molar-refractivity contribution in [3.8, 4) is 5.69 Å². The highest BCUT2D eigenvalue weighted by atomic mass is 35.5. The third kappa shape index (κ3) is 5.75. The van der Waals surface area contributed by atoms with Crippen LogP contribution in [0.2, 0.25) is 5.02 Å². The van der Waals surface area contributed by atoms with Crippen LogP contribution >= 0.6 is 23.4 Å². The summed E-state index contributed by atoms with van der Waals surface area (Å²) in [4.78, 5) is 23.4. The summed E-state index contributed by atoms with van der Waals surface area (Å²) in [5.74, 6) is -0.0363. The third-order valence-corrected chi connectivity index (χ3v) is 4.56. The number of carbonyl (C=O) groups excluding carboxylic acids is 2. The molecule has 0 aliphatic carbocycles. The number of thioether (sulfide) groups is 1. The maximum absolute atomic E-state index is 11.9. The molecule has 0 aliphatic heterocycles. The average molecular weight is 382 g/mol. The standard InChI is InChI=1S/C16H20ClN5O2S/c1-10(2)7-18-15(24)20-14(23)8-25-16-21-19-9-22(16)12-5-4-11(3)13(17)6-12/h4-6,9-10H,7-8H2,1-3H3,(H2,18,20,23,24). The molecular weight excluding hydrogens is 362 g/mol. The summed E-state index contributed by atoms with van der Waals surface area (Å²) < 4.78 is 1.74. The van der Waals surface area contributed by atoms with Crippen LogP contribution in [0.4, 0.5) is 4.79 Å². The van der Waals surface area contributed by atoms with E-state index < -0.39 is 11.9 Å². The molecule has 0 spiro atoms. The molecule has 0 saturated heterocycles. The topological polar surface area (TPSA) is 88.9 Å². The van der Waals surface area contributed by atoms with Crippen molar-refractivity contribution in [3.05, 3.63) is 35.1 Å². The van der Waals surface area contributed by atoms with Crippen molar-refractivity contribution in [1.29, 1.82) is 0 Å². The SMILES string of the molecule is Cc1ccc(-n2cnnc2SCC(=O)NC(=O)NCC(C)C)cc1Cl. The van der Waals surface area contributed by atoms with Crippen molar-refractivity contribution in [2.24, 2.45) is 5.92 Å². The fourth-order valence-corrected chi connectivity index (χ4v) is 2.77. The molecule has 2 aromatic rings. The highest BCUT2D eigenvalue weighted by Gasteiger charge is 2.13. The zero-order valence-corrected chi connectivity index (χ0v) is 15.8. The normalized spacial score (nSPS) is 10.8. The summed E-state index contributed by atoms with van der Waals surface area (Å²) in [5.41, 5.74) is 1.78. The Hall–Kier alpha value is -2.06. The van der Waals surface area contributed by atoms with Gasteiger partial charge < -0.3 is 5.32 Å². The van der Waals surface area contributed by atoms with Gasteiger partial charge in [0.1, 0.15) is 6.33 Å². The van der Waals surface area contributed by atoms with Crippen molar-refractivity contribution in [2.75, 3.05) is 12.3 Å². The molecule has 1 heterocycles. The maximum atomic E-state index is 11.9. The Morgan fingerprint density at radius 2 is 2.12 bits per heavy atom. The predicted molar refractivity (Wildman–Crippen MR) is 98.2 cm³/mol. The molecule has 0 atom stereocenters. The Morgan fingerprint density at radius 1 is 1.36 bits per heavy atom. The Labute approximate surface area is 155 Å². The van der Waals surface area contributed by atoms with Gasteiger partial charge in [-0.15, -0.1) is 10.2 Å². The highest BCUT2D eigenvalue weighted by Crippen LogP contribution is 2.23. The Balaban J connectivity index is 1.94. The number of carbonyl (C=O) groups is 2. The largest absolute Gasteiger partial charge is 0.338 e. The lowest BCUT2D eigenvalue weighted by Gasteiger charge is -2.09. The van der Waals surface area contributed by atoms with E-state index in [0.717, 1.165) is 11.3 Å². The second-order valence-electron chi connectivity index (χ2n) is 5.86. The van der Waals surface area contributed by atoms with Gasteiger partial charge in [-0.1, -0.05) is 43.3 Å². The minimum Gasteiger partial charge on any atom is -0.338 e. The van der Waals surface area contributed by atoms with E-state index in [2.05, 4.69) is 20.8 Å². The molecular formula is C16H20ClN5O2S. The van der Waals surface area contributed by atoms with Crippen LogP contribution in [-0.4, -0.2) is 39.0 Å². The molecule has 0 aliphatic rings. The van der Waals surface area contributed by atoms with Crippen molar-refractivity contribution in [2.45, 2.75) is 25.9 Å². The zero-order valence-electron chi connectivity index (χ0n) is 14.2. The molecule has 7 nitrogen and oxygen atoms in total. The molecule has 2 N–H and O–H groups in total. The summed E-state index contributed by atoms with van der Waals surface area (Å²) in [6.07, 6.45) is 1.55. The quantitative estimate of drug-likeness (QED) is 0.751. The van der Waals surface area contributed by atoms with Gasteiger partial charge in [0.15, 0.2) is 5.16 Å². The number of nitrogens with one attached hydrogen (secondary N) is 2. The molecule has 1 aromatic carbocycles. The lowest BCUT2D eigenvalue weighted by atomic mass is 10.2. The van der Waals surface area contributed by atoms with Crippen LogP contribution in [0.3, 0.4) is 0 Å². The van der Waals surface area contributed by atoms with E-state index in [1.165, 1.54) is 11.8 Å². The minimum atomic E-state index is -0.494. The number of halogens is 1. The van der Waals surface area contributed by atoms with Crippen LogP contribution in [-0.2, 0) is 4.79 Å². The second-order valence-corrected chi connectivity index (χ2v) is 7.21. The number of imide groups is 1. The molecule has 0 fully saturated rings. The first-order valence-electron chi connectivity index (χ1n) is 7.74. The summed E-state index contributed by atoms with van der Waals surface area (Å²) in [5, 5.41) is 14.0. The predicted octanol–water partition coefficient (Wildman–Crippen LogP) is 2.80. The molecule has 0 saturated carbocycles. The van der Waals surface area contributed by atoms with Gasteiger partial charge >= 0.3 is 6.03 Å². The van der Waals surface area contributed by atoms with Crippen molar-refractivity contribution < 1.29 is 9.59 Å². The molecule has 9 heteroatoms. The van der Waals surface area contributed by atoms with Crippen LogP contribution < -0.4 is 10.6 Å². The van der Waals surface area contributed by atoms with Crippen molar-refractivity contribution in [1.82, 2.24) is 25.4 Å². The number of amides is 3. The number of hydrogen-bond acceptors (Lipinski definition) is 5. The number of rotatable bonds is 6. The van der Waals surface area contributed by atoms with Crippen LogP contribution in [0, 0.1) is 12.8 Å². The van der Waals surface area contributed by atoms with Crippen LogP contribution in [0.1, 0.15) is 19.4 Å². The number of nitrogens with zero attached hydrogens (tertiary/aromatic N) is 3. The van der Waals surface area contributed by atoms with E-state index in [4.69, 9.17) is 11.6 Å². The monoisotopic (exact) mass is 381 g/mol. The number of aryl methyl sites for hydroxylation is 1. The number of aromatic nitrogens is 3. The Kier molecular flexibility index (Phi) is 6.83. The smallest absolute Gasteiger partial charge is 0.321 e. The van der Waals surface area contributed by atoms with Gasteiger partial charge in [-0.25, -0.2) is 4.79 Å². The van der Waals surface area contributed by atoms with E-state index in [1.54, 1.807) is 10.9 Å². The molecule has 0 radical (unpaired) electrons. The van der Waals surface area contributed by atoms with E-state index in [1.807, 2.05) is 39.0 Å². The maximum Gasteiger partial charge on any atom is 0.321 e. The van der Waals surface area contributed by atoms with Gasteiger partial charge in [0, 0.05) is 11.6 Å². The van der Waals surface area contributed by atoms with Crippen molar-refractivity contribution in [3.63, 3.8) is 0 Å². The van der Waals surface area contributed by atoms with Crippen LogP contribution in [0.5, 0.6) is 0 Å². The molecule has 2 rings (SSSR count). The fourth-order valence-electron chi connectivity index (χ4n) is 1.87.